The van der Waals surface area contributed by atoms with E-state index in [9.17, 15) is 4.79 Å². The standard InChI is InChI=1S/C30H20BrN5O5/c1-35(2)19-9-7-15(11-18(19)31)23-24-26(17-5-3-4-6-20(17)40-30(24)37)41-29-25(23)28-33-27(34-36(28)13-32-29)16-8-10-21-22(12-16)39-14-38-21/h3-13,23H,14H2,1-2H3. The fourth-order valence-electron chi connectivity index (χ4n) is 5.49. The Morgan fingerprint density at radius 1 is 1.00 bits per heavy atom. The molecule has 202 valence electrons. The van der Waals surface area contributed by atoms with E-state index in [-0.39, 0.29) is 6.79 Å². The quantitative estimate of drug-likeness (QED) is 0.232. The van der Waals surface area contributed by atoms with Gasteiger partial charge in [-0.15, -0.1) is 5.10 Å². The number of para-hydroxylation sites is 1. The summed E-state index contributed by atoms with van der Waals surface area (Å²) in [5.74, 6) is 1.96. The number of aromatic nitrogens is 4. The highest BCUT2D eigenvalue weighted by Crippen LogP contribution is 2.49. The molecule has 0 aliphatic carbocycles. The van der Waals surface area contributed by atoms with Crippen molar-refractivity contribution in [2.75, 3.05) is 25.8 Å². The van der Waals surface area contributed by atoms with E-state index in [1.165, 1.54) is 0 Å². The van der Waals surface area contributed by atoms with Gasteiger partial charge in [-0.25, -0.2) is 19.3 Å². The number of benzene rings is 3. The number of halogens is 1. The summed E-state index contributed by atoms with van der Waals surface area (Å²) >= 11 is 3.72. The molecule has 1 atom stereocenters. The van der Waals surface area contributed by atoms with Gasteiger partial charge >= 0.3 is 5.63 Å². The van der Waals surface area contributed by atoms with E-state index in [0.29, 0.717) is 56.7 Å². The second kappa shape index (κ2) is 8.80. The molecule has 0 saturated carbocycles. The van der Waals surface area contributed by atoms with Gasteiger partial charge in [-0.3, -0.25) is 0 Å². The Morgan fingerprint density at radius 3 is 2.71 bits per heavy atom. The van der Waals surface area contributed by atoms with Crippen molar-refractivity contribution in [1.29, 1.82) is 0 Å². The average molecular weight is 610 g/mol. The Labute approximate surface area is 240 Å². The molecule has 0 saturated heterocycles. The van der Waals surface area contributed by atoms with Gasteiger partial charge in [0.1, 0.15) is 11.9 Å². The highest BCUT2D eigenvalue weighted by atomic mass is 79.9. The van der Waals surface area contributed by atoms with Gasteiger partial charge in [-0.1, -0.05) is 18.2 Å². The largest absolute Gasteiger partial charge is 0.454 e. The molecule has 1 unspecified atom stereocenters. The minimum absolute atomic E-state index is 0.173. The number of anilines is 1. The first-order valence-electron chi connectivity index (χ1n) is 12.8. The Bertz CT molecular complexity index is 2100. The first kappa shape index (κ1) is 23.9. The molecule has 0 radical (unpaired) electrons. The average Bonchev–Trinajstić information content (AvgIpc) is 3.63. The molecule has 0 fully saturated rings. The number of nitrogens with zero attached hydrogens (tertiary/aromatic N) is 5. The van der Waals surface area contributed by atoms with E-state index in [2.05, 4.69) is 20.9 Å². The molecule has 2 aliphatic heterocycles. The van der Waals surface area contributed by atoms with Crippen molar-refractivity contribution in [3.8, 4) is 34.5 Å². The molecule has 10 nitrogen and oxygen atoms in total. The fraction of sp³-hybridized carbons (Fsp3) is 0.133. The minimum Gasteiger partial charge on any atom is -0.454 e. The van der Waals surface area contributed by atoms with Crippen LogP contribution in [0, 0.1) is 0 Å². The summed E-state index contributed by atoms with van der Waals surface area (Å²) < 4.78 is 25.7. The summed E-state index contributed by atoms with van der Waals surface area (Å²) in [7, 11) is 3.95. The summed E-state index contributed by atoms with van der Waals surface area (Å²) in [6.07, 6.45) is 1.57. The fourth-order valence-corrected chi connectivity index (χ4v) is 6.24. The number of hydrogen-bond acceptors (Lipinski definition) is 9. The van der Waals surface area contributed by atoms with Crippen molar-refractivity contribution in [3.63, 3.8) is 0 Å². The predicted molar refractivity (Wildman–Crippen MR) is 154 cm³/mol. The van der Waals surface area contributed by atoms with Gasteiger partial charge in [0.15, 0.2) is 28.7 Å². The lowest BCUT2D eigenvalue weighted by Crippen LogP contribution is -2.22. The normalized spacial score (nSPS) is 15.0. The van der Waals surface area contributed by atoms with E-state index >= 15 is 0 Å². The van der Waals surface area contributed by atoms with E-state index < -0.39 is 11.5 Å². The molecule has 0 spiro atoms. The van der Waals surface area contributed by atoms with Crippen molar-refractivity contribution in [3.05, 3.63) is 98.6 Å². The van der Waals surface area contributed by atoms with Crippen molar-refractivity contribution >= 4 is 38.2 Å². The maximum atomic E-state index is 13.6. The van der Waals surface area contributed by atoms with Crippen LogP contribution in [0.4, 0.5) is 5.69 Å². The zero-order valence-corrected chi connectivity index (χ0v) is 23.4. The Hall–Kier alpha value is -4.90. The zero-order valence-electron chi connectivity index (χ0n) is 21.8. The number of ether oxygens (including phenoxy) is 3. The maximum absolute atomic E-state index is 13.6. The van der Waals surface area contributed by atoms with Crippen LogP contribution >= 0.6 is 15.9 Å². The van der Waals surface area contributed by atoms with Crippen molar-refractivity contribution in [2.24, 2.45) is 0 Å². The Kier molecular flexibility index (Phi) is 5.14. The summed E-state index contributed by atoms with van der Waals surface area (Å²) in [4.78, 5) is 25.2. The van der Waals surface area contributed by atoms with Gasteiger partial charge in [0.05, 0.1) is 28.1 Å². The minimum atomic E-state index is -0.591. The highest BCUT2D eigenvalue weighted by molar-refractivity contribution is 9.10. The van der Waals surface area contributed by atoms with Gasteiger partial charge < -0.3 is 23.5 Å². The second-order valence-electron chi connectivity index (χ2n) is 10.0. The molecule has 0 N–H and O–H groups in total. The van der Waals surface area contributed by atoms with E-state index in [0.717, 1.165) is 21.3 Å². The van der Waals surface area contributed by atoms with Crippen molar-refractivity contribution < 1.29 is 18.6 Å². The van der Waals surface area contributed by atoms with Crippen molar-refractivity contribution in [2.45, 2.75) is 5.92 Å². The Morgan fingerprint density at radius 2 is 1.85 bits per heavy atom. The molecule has 2 aliphatic rings. The second-order valence-corrected chi connectivity index (χ2v) is 10.9. The van der Waals surface area contributed by atoms with Crippen LogP contribution in [0.15, 0.2) is 80.7 Å². The first-order valence-corrected chi connectivity index (χ1v) is 13.6. The molecule has 5 heterocycles. The molecule has 41 heavy (non-hydrogen) atoms. The van der Waals surface area contributed by atoms with Crippen LogP contribution in [0.5, 0.6) is 23.1 Å². The lowest BCUT2D eigenvalue weighted by molar-refractivity contribution is 0.174. The van der Waals surface area contributed by atoms with Gasteiger partial charge in [0, 0.05) is 24.1 Å². The number of hydrogen-bond donors (Lipinski definition) is 0. The van der Waals surface area contributed by atoms with Crippen LogP contribution in [0.2, 0.25) is 0 Å². The SMILES string of the molecule is CN(C)c1ccc(C2c3c(c4ccccc4oc3=O)Oc3ncn4nc(-c5ccc6c(c5)OCO6)nc4c32)cc1Br. The molecule has 0 bridgehead atoms. The topological polar surface area (TPSA) is 104 Å². The molecule has 6 aromatic rings. The van der Waals surface area contributed by atoms with Gasteiger partial charge in [0.2, 0.25) is 12.7 Å². The molecule has 8 rings (SSSR count). The molecule has 0 amide bonds. The van der Waals surface area contributed by atoms with Crippen LogP contribution < -0.4 is 24.7 Å². The summed E-state index contributed by atoms with van der Waals surface area (Å²) in [5, 5.41) is 5.39. The number of rotatable bonds is 3. The predicted octanol–water partition coefficient (Wildman–Crippen LogP) is 5.74. The third-order valence-electron chi connectivity index (χ3n) is 7.38. The lowest BCUT2D eigenvalue weighted by Gasteiger charge is -2.28. The van der Waals surface area contributed by atoms with Gasteiger partial charge in [-0.2, -0.15) is 0 Å². The number of fused-ring (bicyclic) bond motifs is 7. The van der Waals surface area contributed by atoms with Crippen LogP contribution in [0.25, 0.3) is 28.0 Å². The highest BCUT2D eigenvalue weighted by Gasteiger charge is 2.38. The van der Waals surface area contributed by atoms with Crippen LogP contribution in [0.1, 0.15) is 22.6 Å². The molecule has 3 aromatic carbocycles. The summed E-state index contributed by atoms with van der Waals surface area (Å²) in [6.45, 7) is 0.173. The summed E-state index contributed by atoms with van der Waals surface area (Å²) in [5.41, 5.74) is 4.06. The molecular formula is C30H20BrN5O5. The van der Waals surface area contributed by atoms with Crippen LogP contribution in [-0.2, 0) is 0 Å². The van der Waals surface area contributed by atoms with Crippen LogP contribution in [0.3, 0.4) is 0 Å². The van der Waals surface area contributed by atoms with E-state index in [4.69, 9.17) is 28.7 Å². The smallest absolute Gasteiger partial charge is 0.344 e. The van der Waals surface area contributed by atoms with E-state index in [1.54, 1.807) is 16.9 Å². The van der Waals surface area contributed by atoms with Gasteiger partial charge in [-0.05, 0) is 64.0 Å². The summed E-state index contributed by atoms with van der Waals surface area (Å²) in [6, 6.07) is 18.9. The molecule has 11 heteroatoms. The monoisotopic (exact) mass is 609 g/mol. The Balaban J connectivity index is 1.39. The molecular weight excluding hydrogens is 590 g/mol. The molecule has 3 aromatic heterocycles. The van der Waals surface area contributed by atoms with Crippen LogP contribution in [-0.4, -0.2) is 40.5 Å². The van der Waals surface area contributed by atoms with Crippen molar-refractivity contribution in [1.82, 2.24) is 19.6 Å². The van der Waals surface area contributed by atoms with E-state index in [1.807, 2.05) is 73.6 Å². The maximum Gasteiger partial charge on any atom is 0.344 e. The third kappa shape index (κ3) is 3.62. The lowest BCUT2D eigenvalue weighted by atomic mass is 9.84. The van der Waals surface area contributed by atoms with Gasteiger partial charge in [0.25, 0.3) is 0 Å². The first-order chi connectivity index (χ1) is 20.0. The third-order valence-corrected chi connectivity index (χ3v) is 8.01. The zero-order chi connectivity index (χ0) is 27.8.